The number of unbranched alkanes of at least 4 members (excludes halogenated alkanes) is 1. The van der Waals surface area contributed by atoms with Crippen molar-refractivity contribution < 1.29 is 53.6 Å². The molecule has 0 saturated carbocycles. The molecule has 1 saturated heterocycles. The van der Waals surface area contributed by atoms with Crippen molar-refractivity contribution in [3.05, 3.63) is 18.2 Å². The Morgan fingerprint density at radius 1 is 0.923 bits per heavy atom. The summed E-state index contributed by atoms with van der Waals surface area (Å²) >= 11 is 0. The van der Waals surface area contributed by atoms with Gasteiger partial charge < -0.3 is 81.0 Å². The third-order valence-corrected chi connectivity index (χ3v) is 6.69. The van der Waals surface area contributed by atoms with Crippen molar-refractivity contribution in [2.45, 2.75) is 94.6 Å². The number of aromatic amines is 1. The number of aliphatic carboxylic acids is 3. The fraction of sp³-hybridized carbons (Fsp3) is 0.655. The first kappa shape index (κ1) is 49.3. The van der Waals surface area contributed by atoms with E-state index in [1.807, 2.05) is 0 Å². The number of ether oxygens (including phenoxy) is 2. The molecule has 0 amide bonds. The van der Waals surface area contributed by atoms with Gasteiger partial charge in [-0.3, -0.25) is 29.0 Å². The topological polar surface area (TPSA) is 443 Å². The van der Waals surface area contributed by atoms with E-state index in [-0.39, 0.29) is 25.0 Å². The van der Waals surface area contributed by atoms with Crippen LogP contribution < -0.4 is 51.2 Å². The lowest BCUT2D eigenvalue weighted by Gasteiger charge is -2.19. The molecule has 0 aromatic carbocycles. The van der Waals surface area contributed by atoms with Gasteiger partial charge in [0, 0.05) is 24.9 Å². The molecule has 6 atom stereocenters. The van der Waals surface area contributed by atoms with E-state index in [2.05, 4.69) is 25.0 Å². The first-order valence-electron chi connectivity index (χ1n) is 16.2. The summed E-state index contributed by atoms with van der Waals surface area (Å²) < 4.78 is 9.28. The molecule has 0 aliphatic carbocycles. The van der Waals surface area contributed by atoms with Crippen molar-refractivity contribution in [3.63, 3.8) is 0 Å². The minimum Gasteiger partial charge on any atom is -0.480 e. The zero-order valence-corrected chi connectivity index (χ0v) is 29.2. The van der Waals surface area contributed by atoms with E-state index in [0.717, 1.165) is 37.9 Å². The summed E-state index contributed by atoms with van der Waals surface area (Å²) in [6.07, 6.45) is 7.15. The number of guanidine groups is 1. The molecule has 298 valence electrons. The number of nitrogens with two attached hydrogens (primary N) is 8. The molecule has 21 N–H and O–H groups in total. The maximum Gasteiger partial charge on any atom is 0.330 e. The number of H-pyrrole nitrogens is 1. The van der Waals surface area contributed by atoms with Gasteiger partial charge in [-0.25, -0.2) is 9.78 Å². The number of hydrogen-bond donors (Lipinski definition) is 13. The molecule has 0 bridgehead atoms. The van der Waals surface area contributed by atoms with Crippen molar-refractivity contribution in [1.29, 1.82) is 0 Å². The van der Waals surface area contributed by atoms with Crippen LogP contribution in [0.3, 0.4) is 0 Å². The highest BCUT2D eigenvalue weighted by Gasteiger charge is 2.29. The monoisotopic (exact) mass is 748 g/mol. The quantitative estimate of drug-likeness (QED) is 0.0221. The zero-order chi connectivity index (χ0) is 40.2. The highest BCUT2D eigenvalue weighted by atomic mass is 16.6. The van der Waals surface area contributed by atoms with Crippen LogP contribution in [0.2, 0.25) is 0 Å². The first-order valence-corrected chi connectivity index (χ1v) is 16.2. The van der Waals surface area contributed by atoms with Gasteiger partial charge in [0.2, 0.25) is 0 Å². The van der Waals surface area contributed by atoms with Gasteiger partial charge in [-0.1, -0.05) is 6.42 Å². The summed E-state index contributed by atoms with van der Waals surface area (Å²) in [6.45, 7) is 2.93. The van der Waals surface area contributed by atoms with Gasteiger partial charge in [0.1, 0.15) is 36.3 Å². The van der Waals surface area contributed by atoms with Gasteiger partial charge in [-0.05, 0) is 58.5 Å². The molecule has 23 heteroatoms. The van der Waals surface area contributed by atoms with E-state index in [9.17, 15) is 28.8 Å². The van der Waals surface area contributed by atoms with Crippen molar-refractivity contribution in [3.8, 4) is 0 Å². The van der Waals surface area contributed by atoms with Gasteiger partial charge in [0.25, 0.3) is 0 Å². The van der Waals surface area contributed by atoms with Crippen LogP contribution in [0.4, 0.5) is 0 Å². The second-order valence-corrected chi connectivity index (χ2v) is 11.2. The molecule has 0 radical (unpaired) electrons. The Bertz CT molecular complexity index is 1230. The Balaban J connectivity index is 0. The molecule has 1 aromatic heterocycles. The zero-order valence-electron chi connectivity index (χ0n) is 29.2. The highest BCUT2D eigenvalue weighted by Crippen LogP contribution is 2.09. The molecule has 1 aliphatic heterocycles. The number of carbonyl (C=O) groups is 6. The molecule has 2 rings (SSSR count). The SMILES string of the molecule is C[C@@H](OC(=O)[C@@H]1CCCN1)[C@H](N)C(=O)O.NC(N)=NCCC[C@H](N)C(=O)O.NCCCC[C@H](N)C(=O)OC(=O)CN.N[C@@H](Cc1cnc[nH]1)C(=O)O. The normalized spacial score (nSPS) is 15.9. The Kier molecular flexibility index (Phi) is 27.4. The van der Waals surface area contributed by atoms with Crippen LogP contribution in [-0.4, -0.2) is 130 Å². The number of carbonyl (C=O) groups excluding carboxylic acids is 3. The summed E-state index contributed by atoms with van der Waals surface area (Å²) in [7, 11) is 0. The number of aliphatic imine (C=N–C) groups is 1. The van der Waals surface area contributed by atoms with Crippen LogP contribution in [-0.2, 0) is 44.7 Å². The fourth-order valence-electron chi connectivity index (χ4n) is 3.64. The van der Waals surface area contributed by atoms with E-state index < -0.39 is 66.1 Å². The van der Waals surface area contributed by atoms with E-state index in [1.165, 1.54) is 13.3 Å². The lowest BCUT2D eigenvalue weighted by molar-refractivity contribution is -0.160. The van der Waals surface area contributed by atoms with Gasteiger partial charge in [0.05, 0.1) is 12.9 Å². The minimum absolute atomic E-state index is 0.0129. The smallest absolute Gasteiger partial charge is 0.330 e. The average Bonchev–Trinajstić information content (AvgIpc) is 3.82. The predicted octanol–water partition coefficient (Wildman–Crippen LogP) is -4.63. The summed E-state index contributed by atoms with van der Waals surface area (Å²) in [6, 6.07) is -3.92. The number of esters is 3. The number of hydrogen-bond acceptors (Lipinski definition) is 17. The molecule has 1 aromatic rings. The van der Waals surface area contributed by atoms with Crippen LogP contribution in [0.1, 0.15) is 57.6 Å². The maximum absolute atomic E-state index is 11.4. The van der Waals surface area contributed by atoms with Crippen LogP contribution >= 0.6 is 0 Å². The number of imidazole rings is 1. The lowest BCUT2D eigenvalue weighted by atomic mass is 10.1. The second kappa shape index (κ2) is 28.9. The van der Waals surface area contributed by atoms with Crippen LogP contribution in [0, 0.1) is 0 Å². The molecule has 0 unspecified atom stereocenters. The van der Waals surface area contributed by atoms with Gasteiger partial charge in [-0.15, -0.1) is 0 Å². The van der Waals surface area contributed by atoms with Crippen molar-refractivity contribution in [2.24, 2.45) is 50.9 Å². The van der Waals surface area contributed by atoms with Gasteiger partial charge in [0.15, 0.2) is 5.96 Å². The molecule has 52 heavy (non-hydrogen) atoms. The number of nitrogens with one attached hydrogen (secondary N) is 2. The second-order valence-electron chi connectivity index (χ2n) is 11.2. The first-order chi connectivity index (χ1) is 24.4. The molecule has 1 fully saturated rings. The molecule has 1 aliphatic rings. The maximum atomic E-state index is 11.4. The third-order valence-electron chi connectivity index (χ3n) is 6.69. The van der Waals surface area contributed by atoms with Crippen LogP contribution in [0.25, 0.3) is 0 Å². The summed E-state index contributed by atoms with van der Waals surface area (Å²) in [5.41, 5.74) is 42.3. The Morgan fingerprint density at radius 2 is 1.54 bits per heavy atom. The number of carboxylic acids is 3. The van der Waals surface area contributed by atoms with Crippen molar-refractivity contribution in [1.82, 2.24) is 15.3 Å². The predicted molar refractivity (Wildman–Crippen MR) is 187 cm³/mol. The van der Waals surface area contributed by atoms with Crippen LogP contribution in [0.5, 0.6) is 0 Å². The van der Waals surface area contributed by atoms with E-state index in [1.54, 1.807) is 6.20 Å². The van der Waals surface area contributed by atoms with E-state index in [0.29, 0.717) is 32.4 Å². The summed E-state index contributed by atoms with van der Waals surface area (Å²) in [5.74, 6) is -5.06. The highest BCUT2D eigenvalue weighted by molar-refractivity contribution is 5.89. The van der Waals surface area contributed by atoms with E-state index in [4.69, 9.17) is 65.9 Å². The average molecular weight is 749 g/mol. The van der Waals surface area contributed by atoms with Crippen molar-refractivity contribution >= 4 is 41.8 Å². The number of carboxylic acid groups (broad SMARTS) is 3. The van der Waals surface area contributed by atoms with Gasteiger partial charge in [-0.2, -0.15) is 0 Å². The lowest BCUT2D eigenvalue weighted by Crippen LogP contribution is -2.45. The number of rotatable bonds is 18. The summed E-state index contributed by atoms with van der Waals surface area (Å²) in [4.78, 5) is 74.3. The Morgan fingerprint density at radius 3 is 2.00 bits per heavy atom. The van der Waals surface area contributed by atoms with E-state index >= 15 is 0 Å². The summed E-state index contributed by atoms with van der Waals surface area (Å²) in [5, 5.41) is 28.4. The minimum atomic E-state index is -1.17. The molecular formula is C29H56N12O11. The Labute approximate surface area is 300 Å². The number of nitrogens with zero attached hydrogens (tertiary/aromatic N) is 2. The largest absolute Gasteiger partial charge is 0.480 e. The molecule has 23 nitrogen and oxygen atoms in total. The van der Waals surface area contributed by atoms with Crippen LogP contribution in [0.15, 0.2) is 17.5 Å². The molecular weight excluding hydrogens is 692 g/mol. The standard InChI is InChI=1S/C9H16N2O4.C8H17N3O3.C6H14N4O2.C6H9N3O2/c1-5(7(10)8(12)13)15-9(14)6-3-2-4-11-6;9-4-2-1-3-6(11)8(13)14-7(12)5-10;7-4(5(11)12)2-1-3-10-6(8)9;7-5(6(10)11)1-4-2-8-3-9-4/h5-7,11H,2-4,10H2,1H3,(H,12,13);6H,1-5,9-11H2;4H,1-3,7H2,(H,11,12)(H4,8,9,10);2-3,5H,1,7H2,(H,8,9)(H,10,11)/t5-,6+,7+;6-;4-;5-/m1000/s1. The molecule has 0 spiro atoms. The van der Waals surface area contributed by atoms with Crippen molar-refractivity contribution in [2.75, 3.05) is 26.2 Å². The third kappa shape index (κ3) is 25.2. The number of aromatic nitrogens is 2. The van der Waals surface area contributed by atoms with Gasteiger partial charge >= 0.3 is 35.8 Å². The molecule has 2 heterocycles. The fourth-order valence-corrected chi connectivity index (χ4v) is 3.64. The Hall–Kier alpha value is -4.78.